The molecule has 1 aromatic rings. The van der Waals surface area contributed by atoms with E-state index in [-0.39, 0.29) is 16.9 Å². The number of hydrogen-bond donors (Lipinski definition) is 2. The fraction of sp³-hybridized carbons (Fsp3) is 0.533. The lowest BCUT2D eigenvalue weighted by Gasteiger charge is -2.28. The third kappa shape index (κ3) is 1.69. The number of phenols is 2. The van der Waals surface area contributed by atoms with E-state index in [9.17, 15) is 15.0 Å². The maximum atomic E-state index is 11.9. The van der Waals surface area contributed by atoms with E-state index in [1.54, 1.807) is 6.07 Å². The van der Waals surface area contributed by atoms with Gasteiger partial charge in [0, 0.05) is 29.9 Å². The number of Topliss-reactive ketones (excluding diaryl/α,β-unsaturated/α-hetero) is 1. The summed E-state index contributed by atoms with van der Waals surface area (Å²) in [5, 5.41) is 19.7. The van der Waals surface area contributed by atoms with E-state index in [0.29, 0.717) is 18.6 Å². The van der Waals surface area contributed by atoms with Gasteiger partial charge in [0.15, 0.2) is 0 Å². The van der Waals surface area contributed by atoms with Crippen molar-refractivity contribution in [2.45, 2.75) is 50.4 Å². The Hall–Kier alpha value is -1.51. The number of aromatic hydroxyl groups is 2. The molecule has 0 amide bonds. The number of hydrogen-bond acceptors (Lipinski definition) is 3. The van der Waals surface area contributed by atoms with Crippen LogP contribution in [0.2, 0.25) is 0 Å². The Morgan fingerprint density at radius 3 is 2.72 bits per heavy atom. The second kappa shape index (κ2) is 4.01. The highest BCUT2D eigenvalue weighted by Crippen LogP contribution is 2.51. The molecule has 96 valence electrons. The molecular formula is C15H18O3. The van der Waals surface area contributed by atoms with Crippen LogP contribution in [0.15, 0.2) is 12.1 Å². The predicted octanol–water partition coefficient (Wildman–Crippen LogP) is 2.82. The predicted molar refractivity (Wildman–Crippen MR) is 67.9 cm³/mol. The van der Waals surface area contributed by atoms with Crippen molar-refractivity contribution in [3.05, 3.63) is 23.3 Å². The molecule has 2 aliphatic rings. The number of fused-ring (bicyclic) bond motifs is 2. The van der Waals surface area contributed by atoms with Crippen molar-refractivity contribution >= 4 is 5.78 Å². The normalized spacial score (nSPS) is 27.2. The average Bonchev–Trinajstić information content (AvgIpc) is 2.51. The molecule has 0 saturated heterocycles. The van der Waals surface area contributed by atoms with Crippen LogP contribution >= 0.6 is 0 Å². The summed E-state index contributed by atoms with van der Waals surface area (Å²) < 4.78 is 0. The highest BCUT2D eigenvalue weighted by atomic mass is 16.3. The van der Waals surface area contributed by atoms with Crippen molar-refractivity contribution < 1.29 is 15.0 Å². The van der Waals surface area contributed by atoms with Crippen LogP contribution in [0.5, 0.6) is 11.5 Å². The number of rotatable bonds is 0. The number of carbonyl (C=O) groups excluding carboxylic acids is 1. The molecule has 0 heterocycles. The van der Waals surface area contributed by atoms with Crippen molar-refractivity contribution in [2.24, 2.45) is 0 Å². The van der Waals surface area contributed by atoms with Crippen LogP contribution in [0.25, 0.3) is 0 Å². The van der Waals surface area contributed by atoms with Crippen LogP contribution in [0.1, 0.15) is 49.7 Å². The molecule has 0 aliphatic heterocycles. The summed E-state index contributed by atoms with van der Waals surface area (Å²) in [6.45, 7) is 0. The van der Waals surface area contributed by atoms with Gasteiger partial charge in [-0.25, -0.2) is 0 Å². The molecule has 0 bridgehead atoms. The molecule has 1 aromatic carbocycles. The molecule has 1 spiro atoms. The quantitative estimate of drug-likeness (QED) is 0.740. The molecule has 2 N–H and O–H groups in total. The Morgan fingerprint density at radius 1 is 1.06 bits per heavy atom. The number of phenolic OH excluding ortho intramolecular Hbond substituents is 2. The minimum atomic E-state index is -0.166. The van der Waals surface area contributed by atoms with Crippen LogP contribution in [-0.4, -0.2) is 16.0 Å². The van der Waals surface area contributed by atoms with Gasteiger partial charge in [0.05, 0.1) is 0 Å². The minimum absolute atomic E-state index is 0.114. The van der Waals surface area contributed by atoms with Crippen LogP contribution in [0, 0.1) is 0 Å². The Kier molecular flexibility index (Phi) is 2.58. The minimum Gasteiger partial charge on any atom is -0.508 e. The van der Waals surface area contributed by atoms with Gasteiger partial charge in [0.2, 0.25) is 0 Å². The molecular weight excluding hydrogens is 228 g/mol. The third-order valence-electron chi connectivity index (χ3n) is 4.48. The molecule has 1 fully saturated rings. The summed E-state index contributed by atoms with van der Waals surface area (Å²) in [4.78, 5) is 11.9. The Morgan fingerprint density at radius 2 is 1.89 bits per heavy atom. The maximum Gasteiger partial charge on any atom is 0.133 e. The monoisotopic (exact) mass is 246 g/mol. The van der Waals surface area contributed by atoms with Gasteiger partial charge in [-0.3, -0.25) is 4.79 Å². The average molecular weight is 246 g/mol. The first-order valence-electron chi connectivity index (χ1n) is 6.68. The van der Waals surface area contributed by atoms with Crippen molar-refractivity contribution in [1.82, 2.24) is 0 Å². The first-order valence-corrected chi connectivity index (χ1v) is 6.68. The van der Waals surface area contributed by atoms with Gasteiger partial charge in [-0.15, -0.1) is 0 Å². The molecule has 3 nitrogen and oxygen atoms in total. The number of carbonyl (C=O) groups is 1. The molecule has 3 rings (SSSR count). The lowest BCUT2D eigenvalue weighted by atomic mass is 9.75. The number of benzene rings is 1. The fourth-order valence-corrected chi connectivity index (χ4v) is 3.74. The van der Waals surface area contributed by atoms with Crippen LogP contribution in [0.4, 0.5) is 0 Å². The largest absolute Gasteiger partial charge is 0.508 e. The molecule has 1 atom stereocenters. The van der Waals surface area contributed by atoms with E-state index in [4.69, 9.17) is 0 Å². The summed E-state index contributed by atoms with van der Waals surface area (Å²) >= 11 is 0. The van der Waals surface area contributed by atoms with Crippen molar-refractivity contribution in [2.75, 3.05) is 0 Å². The molecule has 0 unspecified atom stereocenters. The van der Waals surface area contributed by atoms with Crippen LogP contribution in [-0.2, 0) is 16.6 Å². The van der Waals surface area contributed by atoms with Crippen molar-refractivity contribution in [1.29, 1.82) is 0 Å². The molecule has 0 radical (unpaired) electrons. The second-order valence-electron chi connectivity index (χ2n) is 5.70. The van der Waals surface area contributed by atoms with Crippen LogP contribution in [0.3, 0.4) is 0 Å². The van der Waals surface area contributed by atoms with Crippen molar-refractivity contribution in [3.63, 3.8) is 0 Å². The van der Waals surface area contributed by atoms with E-state index in [1.807, 2.05) is 0 Å². The molecule has 3 heteroatoms. The number of ketones is 1. The van der Waals surface area contributed by atoms with Gasteiger partial charge in [0.25, 0.3) is 0 Å². The smallest absolute Gasteiger partial charge is 0.133 e. The van der Waals surface area contributed by atoms with Gasteiger partial charge in [0.1, 0.15) is 17.3 Å². The fourth-order valence-electron chi connectivity index (χ4n) is 3.74. The highest BCUT2D eigenvalue weighted by Gasteiger charge is 2.43. The van der Waals surface area contributed by atoms with E-state index < -0.39 is 0 Å². The first kappa shape index (κ1) is 11.6. The van der Waals surface area contributed by atoms with E-state index in [1.165, 1.54) is 6.07 Å². The van der Waals surface area contributed by atoms with Gasteiger partial charge in [-0.1, -0.05) is 6.42 Å². The molecule has 2 aliphatic carbocycles. The highest BCUT2D eigenvalue weighted by molar-refractivity contribution is 5.81. The third-order valence-corrected chi connectivity index (χ3v) is 4.48. The van der Waals surface area contributed by atoms with E-state index in [0.717, 1.165) is 43.2 Å². The Balaban J connectivity index is 2.10. The van der Waals surface area contributed by atoms with Crippen LogP contribution < -0.4 is 0 Å². The Bertz CT molecular complexity index is 507. The summed E-state index contributed by atoms with van der Waals surface area (Å²) in [6, 6.07) is 3.14. The summed E-state index contributed by atoms with van der Waals surface area (Å²) in [5.41, 5.74) is 1.78. The zero-order valence-electron chi connectivity index (χ0n) is 10.4. The summed E-state index contributed by atoms with van der Waals surface area (Å²) in [6.07, 6.45) is 5.99. The SMILES string of the molecule is O=C1CCCC[C@@]2(CCc3cc(O)cc(O)c32)C1. The molecule has 1 saturated carbocycles. The van der Waals surface area contributed by atoms with Gasteiger partial charge < -0.3 is 10.2 Å². The Labute approximate surface area is 106 Å². The maximum absolute atomic E-state index is 11.9. The zero-order chi connectivity index (χ0) is 12.8. The summed E-state index contributed by atoms with van der Waals surface area (Å²) in [7, 11) is 0. The zero-order valence-corrected chi connectivity index (χ0v) is 10.4. The van der Waals surface area contributed by atoms with Crippen molar-refractivity contribution in [3.8, 4) is 11.5 Å². The van der Waals surface area contributed by atoms with Gasteiger partial charge >= 0.3 is 0 Å². The lowest BCUT2D eigenvalue weighted by Crippen LogP contribution is -2.25. The van der Waals surface area contributed by atoms with E-state index in [2.05, 4.69) is 0 Å². The molecule has 0 aromatic heterocycles. The first-order chi connectivity index (χ1) is 8.61. The topological polar surface area (TPSA) is 57.5 Å². The standard InChI is InChI=1S/C15H18O3/c16-11-3-1-2-5-15(9-11)6-4-10-7-12(17)8-13(18)14(10)15/h7-8,17-18H,1-6,9H2/t15-/m1/s1. The molecule has 18 heavy (non-hydrogen) atoms. The van der Waals surface area contributed by atoms with Gasteiger partial charge in [-0.2, -0.15) is 0 Å². The second-order valence-corrected chi connectivity index (χ2v) is 5.70. The van der Waals surface area contributed by atoms with E-state index >= 15 is 0 Å². The lowest BCUT2D eigenvalue weighted by molar-refractivity contribution is -0.119. The summed E-state index contributed by atoms with van der Waals surface area (Å²) in [5.74, 6) is 0.591. The van der Waals surface area contributed by atoms with Gasteiger partial charge in [-0.05, 0) is 37.3 Å². The number of aryl methyl sites for hydroxylation is 1.